The van der Waals surface area contributed by atoms with Gasteiger partial charge in [-0.3, -0.25) is 14.8 Å². The van der Waals surface area contributed by atoms with Gasteiger partial charge in [0.2, 0.25) is 0 Å². The largest absolute Gasteiger partial charge is 0.341 e. The maximum Gasteiger partial charge on any atom is 0.315 e. The highest BCUT2D eigenvalue weighted by molar-refractivity contribution is 7.06. The molecule has 0 saturated heterocycles. The third-order valence-corrected chi connectivity index (χ3v) is 4.89. The van der Waals surface area contributed by atoms with Gasteiger partial charge in [0.25, 0.3) is 18.2 Å². The van der Waals surface area contributed by atoms with Gasteiger partial charge in [-0.25, -0.2) is 19.1 Å². The first kappa shape index (κ1) is 23.7. The zero-order chi connectivity index (χ0) is 23.0. The number of alkyl halides is 2. The van der Waals surface area contributed by atoms with Crippen LogP contribution in [0.4, 0.5) is 13.6 Å². The van der Waals surface area contributed by atoms with Crippen molar-refractivity contribution in [3.63, 3.8) is 0 Å². The van der Waals surface area contributed by atoms with Crippen LogP contribution in [0, 0.1) is 11.8 Å². The first-order chi connectivity index (χ1) is 14.7. The topological polar surface area (TPSA) is 132 Å². The summed E-state index contributed by atoms with van der Waals surface area (Å²) >= 11 is 1.23. The summed E-state index contributed by atoms with van der Waals surface area (Å²) in [4.78, 5) is 37.0. The number of amides is 4. The lowest BCUT2D eigenvalue weighted by Crippen LogP contribution is -2.69. The lowest BCUT2D eigenvalue weighted by molar-refractivity contribution is -0.135. The van der Waals surface area contributed by atoms with Crippen LogP contribution in [0.1, 0.15) is 27.7 Å². The summed E-state index contributed by atoms with van der Waals surface area (Å²) in [6, 6.07) is 4.62. The smallest absolute Gasteiger partial charge is 0.315 e. The number of hydroxylamine groups is 1. The van der Waals surface area contributed by atoms with Crippen molar-refractivity contribution in [2.24, 2.45) is 0 Å². The Kier molecular flexibility index (Phi) is 8.00. The molecular formula is C19H19F2N5O4S. The molecule has 0 fully saturated rings. The first-order valence-corrected chi connectivity index (χ1v) is 9.54. The van der Waals surface area contributed by atoms with Gasteiger partial charge in [0.1, 0.15) is 11.6 Å². The molecule has 5 N–H and O–H groups in total. The van der Waals surface area contributed by atoms with E-state index in [1.54, 1.807) is 24.4 Å². The highest BCUT2D eigenvalue weighted by atomic mass is 32.1. The summed E-state index contributed by atoms with van der Waals surface area (Å²) in [6.45, 7) is 0.866. The number of benzene rings is 1. The molecule has 2 rings (SSSR count). The van der Waals surface area contributed by atoms with Gasteiger partial charge >= 0.3 is 6.03 Å². The minimum absolute atomic E-state index is 0.0515. The summed E-state index contributed by atoms with van der Waals surface area (Å²) in [6.07, 6.45) is -1.65. The average molecular weight is 451 g/mol. The Labute approximate surface area is 180 Å². The van der Waals surface area contributed by atoms with Crippen molar-refractivity contribution in [1.82, 2.24) is 25.8 Å². The lowest BCUT2D eigenvalue weighted by Gasteiger charge is -2.36. The number of hydrogen-bond acceptors (Lipinski definition) is 6. The molecule has 31 heavy (non-hydrogen) atoms. The van der Waals surface area contributed by atoms with Crippen molar-refractivity contribution < 1.29 is 28.4 Å². The van der Waals surface area contributed by atoms with Gasteiger partial charge in [0.15, 0.2) is 0 Å². The standard InChI is InChI=1S/C19H19F2N5O4S/c1-19(17(20)21,25-18(29)22-2)14(16(28)26-30)24-15(27)12-6-3-11(4-7-12)5-8-13-9-10-23-31-13/h3-4,6-7,9-10,14,17,30H,1-2H3,(H,24,27)(H,26,28)(H2,22,25,29)/t14-,19?/m1/s1. The number of carbonyl (C=O) groups is 3. The molecule has 1 heterocycles. The van der Waals surface area contributed by atoms with E-state index >= 15 is 0 Å². The molecule has 1 unspecified atom stereocenters. The van der Waals surface area contributed by atoms with Crippen molar-refractivity contribution in [2.45, 2.75) is 24.9 Å². The Hall–Kier alpha value is -3.56. The summed E-state index contributed by atoms with van der Waals surface area (Å²) in [5.41, 5.74) is -0.651. The molecule has 0 bridgehead atoms. The fraction of sp³-hybridized carbons (Fsp3) is 0.263. The van der Waals surface area contributed by atoms with E-state index in [0.717, 1.165) is 11.8 Å². The van der Waals surface area contributed by atoms with Crippen LogP contribution in [0.25, 0.3) is 0 Å². The number of aromatic nitrogens is 1. The van der Waals surface area contributed by atoms with Crippen LogP contribution in [-0.4, -0.2) is 52.5 Å². The molecule has 12 heteroatoms. The van der Waals surface area contributed by atoms with Gasteiger partial charge in [-0.2, -0.15) is 4.37 Å². The minimum atomic E-state index is -3.27. The number of halogens is 2. The van der Waals surface area contributed by atoms with Crippen LogP contribution in [0.5, 0.6) is 0 Å². The van der Waals surface area contributed by atoms with Crippen LogP contribution < -0.4 is 21.4 Å². The van der Waals surface area contributed by atoms with Gasteiger partial charge in [-0.15, -0.1) is 0 Å². The van der Waals surface area contributed by atoms with E-state index in [2.05, 4.69) is 26.8 Å². The van der Waals surface area contributed by atoms with Gasteiger partial charge in [-0.1, -0.05) is 5.92 Å². The molecule has 0 aliphatic carbocycles. The second-order valence-corrected chi connectivity index (χ2v) is 7.21. The maximum atomic E-state index is 13.8. The van der Waals surface area contributed by atoms with Crippen LogP contribution >= 0.6 is 11.5 Å². The summed E-state index contributed by atoms with van der Waals surface area (Å²) < 4.78 is 31.4. The fourth-order valence-electron chi connectivity index (χ4n) is 2.45. The monoisotopic (exact) mass is 451 g/mol. The molecule has 164 valence electrons. The quantitative estimate of drug-likeness (QED) is 0.255. The Morgan fingerprint density at radius 3 is 2.35 bits per heavy atom. The van der Waals surface area contributed by atoms with Crippen LogP contribution in [0.3, 0.4) is 0 Å². The Morgan fingerprint density at radius 1 is 1.16 bits per heavy atom. The van der Waals surface area contributed by atoms with Crippen molar-refractivity contribution in [2.75, 3.05) is 7.05 Å². The molecular weight excluding hydrogens is 432 g/mol. The lowest BCUT2D eigenvalue weighted by atomic mass is 9.91. The van der Waals surface area contributed by atoms with Crippen LogP contribution in [-0.2, 0) is 4.79 Å². The van der Waals surface area contributed by atoms with E-state index in [0.29, 0.717) is 5.56 Å². The number of rotatable bonds is 6. The molecule has 4 amide bonds. The van der Waals surface area contributed by atoms with E-state index in [4.69, 9.17) is 5.21 Å². The molecule has 0 aliphatic rings. The summed E-state index contributed by atoms with van der Waals surface area (Å²) in [5, 5.41) is 15.1. The Balaban J connectivity index is 2.23. The molecule has 0 aliphatic heterocycles. The van der Waals surface area contributed by atoms with Gasteiger partial charge in [0.05, 0.1) is 4.88 Å². The average Bonchev–Trinajstić information content (AvgIpc) is 3.29. The predicted octanol–water partition coefficient (Wildman–Crippen LogP) is 1.10. The molecule has 1 aromatic carbocycles. The number of carbonyl (C=O) groups excluding carboxylic acids is 3. The predicted molar refractivity (Wildman–Crippen MR) is 108 cm³/mol. The minimum Gasteiger partial charge on any atom is -0.341 e. The second kappa shape index (κ2) is 10.5. The van der Waals surface area contributed by atoms with Gasteiger partial charge < -0.3 is 16.0 Å². The van der Waals surface area contributed by atoms with Gasteiger partial charge in [-0.05, 0) is 54.7 Å². The molecule has 0 spiro atoms. The zero-order valence-electron chi connectivity index (χ0n) is 16.4. The molecule has 9 nitrogen and oxygen atoms in total. The molecule has 0 radical (unpaired) electrons. The van der Waals surface area contributed by atoms with Crippen molar-refractivity contribution in [3.05, 3.63) is 52.5 Å². The number of nitrogens with zero attached hydrogens (tertiary/aromatic N) is 1. The Morgan fingerprint density at radius 2 is 1.84 bits per heavy atom. The zero-order valence-corrected chi connectivity index (χ0v) is 17.2. The maximum absolute atomic E-state index is 13.8. The fourth-order valence-corrected chi connectivity index (χ4v) is 2.90. The van der Waals surface area contributed by atoms with Crippen LogP contribution in [0.2, 0.25) is 0 Å². The number of urea groups is 1. The highest BCUT2D eigenvalue weighted by Crippen LogP contribution is 2.21. The van der Waals surface area contributed by atoms with E-state index in [9.17, 15) is 23.2 Å². The second-order valence-electron chi connectivity index (χ2n) is 6.37. The Bertz CT molecular complexity index is 989. The number of nitrogens with one attached hydrogen (secondary N) is 4. The third kappa shape index (κ3) is 5.97. The summed E-state index contributed by atoms with van der Waals surface area (Å²) in [5.74, 6) is 3.57. The molecule has 2 aromatic rings. The molecule has 0 saturated carbocycles. The summed E-state index contributed by atoms with van der Waals surface area (Å²) in [7, 11) is 1.19. The van der Waals surface area contributed by atoms with E-state index in [1.807, 2.05) is 5.32 Å². The number of hydrogen-bond donors (Lipinski definition) is 5. The SMILES string of the molecule is CNC(=O)NC(C)(C(F)F)[C@H](NC(=O)c1ccc(C#Cc2ccns2)cc1)C(=O)NO. The first-order valence-electron chi connectivity index (χ1n) is 8.77. The van der Waals surface area contributed by atoms with Crippen molar-refractivity contribution >= 4 is 29.4 Å². The van der Waals surface area contributed by atoms with E-state index in [1.165, 1.54) is 36.2 Å². The highest BCUT2D eigenvalue weighted by Gasteiger charge is 2.48. The van der Waals surface area contributed by atoms with E-state index < -0.39 is 35.9 Å². The van der Waals surface area contributed by atoms with Crippen LogP contribution in [0.15, 0.2) is 36.5 Å². The van der Waals surface area contributed by atoms with Crippen molar-refractivity contribution in [3.8, 4) is 11.8 Å². The third-order valence-electron chi connectivity index (χ3n) is 4.23. The normalized spacial score (nSPS) is 13.2. The molecule has 1 aromatic heterocycles. The van der Waals surface area contributed by atoms with Gasteiger partial charge in [0, 0.05) is 24.4 Å². The van der Waals surface area contributed by atoms with E-state index in [-0.39, 0.29) is 5.56 Å². The molecule has 2 atom stereocenters. The van der Waals surface area contributed by atoms with Crippen molar-refractivity contribution in [1.29, 1.82) is 0 Å².